The van der Waals surface area contributed by atoms with E-state index in [1.807, 2.05) is 12.1 Å². The van der Waals surface area contributed by atoms with Gasteiger partial charge in [0.2, 0.25) is 5.91 Å². The molecule has 7 nitrogen and oxygen atoms in total. The third-order valence-electron chi connectivity index (χ3n) is 6.38. The number of hydrogen-bond acceptors (Lipinski definition) is 5. The lowest BCUT2D eigenvalue weighted by molar-refractivity contribution is -0.125. The van der Waals surface area contributed by atoms with Gasteiger partial charge in [-0.3, -0.25) is 14.5 Å². The van der Waals surface area contributed by atoms with Gasteiger partial charge in [-0.15, -0.1) is 0 Å². The van der Waals surface area contributed by atoms with Crippen LogP contribution in [0.5, 0.6) is 5.75 Å². The Labute approximate surface area is 193 Å². The summed E-state index contributed by atoms with van der Waals surface area (Å²) >= 11 is 6.11. The Balaban J connectivity index is 1.45. The average molecular weight is 460 g/mol. The molecule has 0 unspecified atom stereocenters. The second kappa shape index (κ2) is 10.4. The van der Waals surface area contributed by atoms with Crippen molar-refractivity contribution in [3.63, 3.8) is 0 Å². The van der Waals surface area contributed by atoms with Crippen LogP contribution < -0.4 is 10.1 Å². The fourth-order valence-corrected chi connectivity index (χ4v) is 4.89. The van der Waals surface area contributed by atoms with Gasteiger partial charge < -0.3 is 19.4 Å². The Bertz CT molecular complexity index is 927. The van der Waals surface area contributed by atoms with Gasteiger partial charge in [0.25, 0.3) is 5.91 Å². The SMILES string of the molecule is COc1ccc(Cl)cc1C(=O)N1CCC[C@H]1C(=O)NC[C@H](c1ccco1)N1CCCCC1. The molecule has 2 amide bonds. The van der Waals surface area contributed by atoms with Crippen LogP contribution in [0.1, 0.15) is 54.3 Å². The second-order valence-electron chi connectivity index (χ2n) is 8.37. The average Bonchev–Trinajstić information content (AvgIpc) is 3.52. The Morgan fingerprint density at radius 3 is 2.72 bits per heavy atom. The Kier molecular flexibility index (Phi) is 7.37. The number of nitrogens with zero attached hydrogens (tertiary/aromatic N) is 2. The maximum atomic E-state index is 13.3. The number of rotatable bonds is 7. The molecule has 2 saturated heterocycles. The molecule has 2 aliphatic heterocycles. The molecular formula is C24H30ClN3O4. The van der Waals surface area contributed by atoms with E-state index in [4.69, 9.17) is 20.8 Å². The number of piperidine rings is 1. The van der Waals surface area contributed by atoms with Crippen molar-refractivity contribution in [2.24, 2.45) is 0 Å². The number of furan rings is 1. The highest BCUT2D eigenvalue weighted by Crippen LogP contribution is 2.28. The molecule has 0 radical (unpaired) electrons. The number of ether oxygens (including phenoxy) is 1. The normalized spacial score (nSPS) is 20.2. The minimum absolute atomic E-state index is 0.00664. The van der Waals surface area contributed by atoms with Crippen LogP contribution in [0.4, 0.5) is 0 Å². The van der Waals surface area contributed by atoms with Crippen LogP contribution in [0.3, 0.4) is 0 Å². The van der Waals surface area contributed by atoms with Crippen LogP contribution in [0.25, 0.3) is 0 Å². The van der Waals surface area contributed by atoms with Crippen molar-refractivity contribution in [2.45, 2.75) is 44.2 Å². The van der Waals surface area contributed by atoms with E-state index in [1.165, 1.54) is 13.5 Å². The Morgan fingerprint density at radius 2 is 2.00 bits per heavy atom. The van der Waals surface area contributed by atoms with Crippen LogP contribution in [0.15, 0.2) is 41.0 Å². The monoisotopic (exact) mass is 459 g/mol. The van der Waals surface area contributed by atoms with Crippen molar-refractivity contribution >= 4 is 23.4 Å². The van der Waals surface area contributed by atoms with Gasteiger partial charge in [-0.25, -0.2) is 0 Å². The van der Waals surface area contributed by atoms with E-state index in [1.54, 1.807) is 29.4 Å². The molecule has 1 aromatic carbocycles. The topological polar surface area (TPSA) is 75.0 Å². The zero-order valence-electron chi connectivity index (χ0n) is 18.4. The summed E-state index contributed by atoms with van der Waals surface area (Å²) in [6.45, 7) is 2.96. The molecule has 8 heteroatoms. The number of halogens is 1. The van der Waals surface area contributed by atoms with Crippen molar-refractivity contribution in [3.05, 3.63) is 52.9 Å². The molecule has 1 N–H and O–H groups in total. The minimum atomic E-state index is -0.509. The number of carbonyl (C=O) groups is 2. The van der Waals surface area contributed by atoms with Crippen molar-refractivity contribution in [1.29, 1.82) is 0 Å². The number of amides is 2. The van der Waals surface area contributed by atoms with Gasteiger partial charge in [-0.1, -0.05) is 18.0 Å². The molecule has 2 aromatic rings. The standard InChI is InChI=1S/C24H30ClN3O4/c1-31-21-10-9-17(25)15-18(21)24(30)28-13-5-7-19(28)23(29)26-16-20(22-8-6-14-32-22)27-11-3-2-4-12-27/h6,8-10,14-15,19-20H,2-5,7,11-13,16H2,1H3,(H,26,29)/t19-,20+/m0/s1. The van der Waals surface area contributed by atoms with Gasteiger partial charge in [0.15, 0.2) is 0 Å². The van der Waals surface area contributed by atoms with Crippen LogP contribution in [-0.2, 0) is 4.79 Å². The summed E-state index contributed by atoms with van der Waals surface area (Å²) in [4.78, 5) is 30.4. The molecule has 0 saturated carbocycles. The molecular weight excluding hydrogens is 430 g/mol. The largest absolute Gasteiger partial charge is 0.496 e. The highest BCUT2D eigenvalue weighted by Gasteiger charge is 2.36. The lowest BCUT2D eigenvalue weighted by Crippen LogP contribution is -2.48. The van der Waals surface area contributed by atoms with E-state index in [0.29, 0.717) is 35.8 Å². The minimum Gasteiger partial charge on any atom is -0.496 e. The van der Waals surface area contributed by atoms with E-state index < -0.39 is 6.04 Å². The van der Waals surface area contributed by atoms with Crippen LogP contribution in [0.2, 0.25) is 5.02 Å². The highest BCUT2D eigenvalue weighted by atomic mass is 35.5. The van der Waals surface area contributed by atoms with Crippen molar-refractivity contribution in [1.82, 2.24) is 15.1 Å². The highest BCUT2D eigenvalue weighted by molar-refractivity contribution is 6.31. The summed E-state index contributed by atoms with van der Waals surface area (Å²) < 4.78 is 11.0. The van der Waals surface area contributed by atoms with Gasteiger partial charge in [0, 0.05) is 18.1 Å². The molecule has 2 fully saturated rings. The third kappa shape index (κ3) is 4.94. The maximum Gasteiger partial charge on any atom is 0.258 e. The molecule has 0 aliphatic carbocycles. The Morgan fingerprint density at radius 1 is 1.19 bits per heavy atom. The number of likely N-dealkylation sites (tertiary alicyclic amines) is 2. The fraction of sp³-hybridized carbons (Fsp3) is 0.500. The predicted molar refractivity (Wildman–Crippen MR) is 122 cm³/mol. The molecule has 3 heterocycles. The number of methoxy groups -OCH3 is 1. The van der Waals surface area contributed by atoms with E-state index in [-0.39, 0.29) is 17.9 Å². The molecule has 2 aliphatic rings. The van der Waals surface area contributed by atoms with Gasteiger partial charge in [-0.2, -0.15) is 0 Å². The van der Waals surface area contributed by atoms with E-state index in [9.17, 15) is 9.59 Å². The molecule has 32 heavy (non-hydrogen) atoms. The smallest absolute Gasteiger partial charge is 0.258 e. The molecule has 0 spiro atoms. The Hall–Kier alpha value is -2.51. The summed E-state index contributed by atoms with van der Waals surface area (Å²) in [5, 5.41) is 3.55. The fourth-order valence-electron chi connectivity index (χ4n) is 4.72. The van der Waals surface area contributed by atoms with Crippen molar-refractivity contribution in [2.75, 3.05) is 33.3 Å². The molecule has 4 rings (SSSR count). The summed E-state index contributed by atoms with van der Waals surface area (Å²) in [5.41, 5.74) is 0.376. The molecule has 0 bridgehead atoms. The number of benzene rings is 1. The lowest BCUT2D eigenvalue weighted by atomic mass is 10.1. The number of carbonyl (C=O) groups excluding carboxylic acids is 2. The van der Waals surface area contributed by atoms with E-state index in [2.05, 4.69) is 10.2 Å². The van der Waals surface area contributed by atoms with Gasteiger partial charge >= 0.3 is 0 Å². The summed E-state index contributed by atoms with van der Waals surface area (Å²) in [6, 6.07) is 8.27. The van der Waals surface area contributed by atoms with Gasteiger partial charge in [0.05, 0.1) is 25.0 Å². The van der Waals surface area contributed by atoms with Crippen molar-refractivity contribution < 1.29 is 18.7 Å². The van der Waals surface area contributed by atoms with Crippen LogP contribution in [0, 0.1) is 0 Å². The predicted octanol–water partition coefficient (Wildman–Crippen LogP) is 3.89. The quantitative estimate of drug-likeness (QED) is 0.679. The first-order valence-electron chi connectivity index (χ1n) is 11.3. The zero-order valence-corrected chi connectivity index (χ0v) is 19.1. The number of hydrogen-bond donors (Lipinski definition) is 1. The van der Waals surface area contributed by atoms with Crippen LogP contribution in [-0.4, -0.2) is 60.9 Å². The maximum absolute atomic E-state index is 13.3. The van der Waals surface area contributed by atoms with Crippen LogP contribution >= 0.6 is 11.6 Å². The van der Waals surface area contributed by atoms with E-state index >= 15 is 0 Å². The number of nitrogens with one attached hydrogen (secondary N) is 1. The van der Waals surface area contributed by atoms with Crippen molar-refractivity contribution in [3.8, 4) is 5.75 Å². The molecule has 2 atom stereocenters. The van der Waals surface area contributed by atoms with Gasteiger partial charge in [-0.05, 0) is 69.1 Å². The summed E-state index contributed by atoms with van der Waals surface area (Å²) in [6.07, 6.45) is 6.62. The zero-order chi connectivity index (χ0) is 22.5. The first-order chi connectivity index (χ1) is 15.6. The summed E-state index contributed by atoms with van der Waals surface area (Å²) in [5.74, 6) is 0.940. The first-order valence-corrected chi connectivity index (χ1v) is 11.7. The second-order valence-corrected chi connectivity index (χ2v) is 8.81. The van der Waals surface area contributed by atoms with E-state index in [0.717, 1.165) is 38.1 Å². The summed E-state index contributed by atoms with van der Waals surface area (Å²) in [7, 11) is 1.52. The molecule has 1 aromatic heterocycles. The third-order valence-corrected chi connectivity index (χ3v) is 6.62. The van der Waals surface area contributed by atoms with Gasteiger partial charge in [0.1, 0.15) is 17.6 Å². The lowest BCUT2D eigenvalue weighted by Gasteiger charge is -2.34. The first kappa shape index (κ1) is 22.7. The molecule has 172 valence electrons.